The number of amides is 1. The number of carbonyl (C=O) groups excluding carboxylic acids is 1. The van der Waals surface area contributed by atoms with Crippen molar-refractivity contribution in [1.29, 1.82) is 0 Å². The second-order valence-electron chi connectivity index (χ2n) is 5.07. The molecule has 1 N–H and O–H groups in total. The lowest BCUT2D eigenvalue weighted by molar-refractivity contribution is -0.127. The van der Waals surface area contributed by atoms with Crippen LogP contribution in [0.15, 0.2) is 48.5 Å². The van der Waals surface area contributed by atoms with E-state index in [0.717, 1.165) is 11.3 Å². The Bertz CT molecular complexity index is 643. The van der Waals surface area contributed by atoms with Gasteiger partial charge in [-0.1, -0.05) is 18.2 Å². The summed E-state index contributed by atoms with van der Waals surface area (Å²) in [5.41, 5.74) is 1.03. The van der Waals surface area contributed by atoms with Gasteiger partial charge in [-0.3, -0.25) is 4.79 Å². The second-order valence-corrected chi connectivity index (χ2v) is 5.07. The van der Waals surface area contributed by atoms with E-state index in [2.05, 4.69) is 5.32 Å². The summed E-state index contributed by atoms with van der Waals surface area (Å²) in [7, 11) is 1.62. The highest BCUT2D eigenvalue weighted by atomic mass is 19.1. The van der Waals surface area contributed by atoms with Gasteiger partial charge in [-0.25, -0.2) is 4.39 Å². The zero-order valence-electron chi connectivity index (χ0n) is 13.2. The van der Waals surface area contributed by atoms with Gasteiger partial charge in [0, 0.05) is 6.54 Å². The molecule has 0 radical (unpaired) electrons. The maximum Gasteiger partial charge on any atom is 0.260 e. The molecule has 2 aromatic carbocycles. The van der Waals surface area contributed by atoms with E-state index in [4.69, 9.17) is 9.47 Å². The van der Waals surface area contributed by atoms with Gasteiger partial charge in [0.1, 0.15) is 17.3 Å². The van der Waals surface area contributed by atoms with Crippen LogP contribution in [0.2, 0.25) is 0 Å². The van der Waals surface area contributed by atoms with Gasteiger partial charge in [0.05, 0.1) is 7.11 Å². The quantitative estimate of drug-likeness (QED) is 0.854. The van der Waals surface area contributed by atoms with E-state index in [9.17, 15) is 9.18 Å². The van der Waals surface area contributed by atoms with Gasteiger partial charge >= 0.3 is 0 Å². The fourth-order valence-electron chi connectivity index (χ4n) is 2.14. The number of hydrogen-bond donors (Lipinski definition) is 1. The van der Waals surface area contributed by atoms with Gasteiger partial charge in [-0.2, -0.15) is 0 Å². The van der Waals surface area contributed by atoms with Crippen LogP contribution >= 0.6 is 0 Å². The normalized spacial score (nSPS) is 11.6. The first kappa shape index (κ1) is 16.8. The molecule has 0 aliphatic heterocycles. The van der Waals surface area contributed by atoms with Crippen molar-refractivity contribution in [1.82, 2.24) is 5.32 Å². The molecule has 122 valence electrons. The van der Waals surface area contributed by atoms with Crippen molar-refractivity contribution >= 4 is 5.91 Å². The molecule has 2 aromatic rings. The van der Waals surface area contributed by atoms with Gasteiger partial charge in [0.15, 0.2) is 6.10 Å². The number of nitrogens with one attached hydrogen (secondary N) is 1. The average molecular weight is 317 g/mol. The minimum absolute atomic E-state index is 0.218. The molecular weight excluding hydrogens is 297 g/mol. The number of para-hydroxylation sites is 1. The first-order chi connectivity index (χ1) is 11.1. The average Bonchev–Trinajstić information content (AvgIpc) is 2.57. The molecule has 4 nitrogen and oxygen atoms in total. The van der Waals surface area contributed by atoms with Crippen molar-refractivity contribution in [3.63, 3.8) is 0 Å². The Morgan fingerprint density at radius 3 is 2.57 bits per heavy atom. The number of halogens is 1. The fraction of sp³-hybridized carbons (Fsp3) is 0.278. The lowest BCUT2D eigenvalue weighted by Crippen LogP contribution is -2.37. The molecule has 5 heteroatoms. The van der Waals surface area contributed by atoms with E-state index < -0.39 is 6.10 Å². The number of carbonyl (C=O) groups is 1. The highest BCUT2D eigenvalue weighted by molar-refractivity contribution is 5.80. The topological polar surface area (TPSA) is 47.6 Å². The summed E-state index contributed by atoms with van der Waals surface area (Å²) < 4.78 is 23.6. The zero-order chi connectivity index (χ0) is 16.7. The molecule has 1 atom stereocenters. The highest BCUT2D eigenvalue weighted by Crippen LogP contribution is 2.17. The van der Waals surface area contributed by atoms with Gasteiger partial charge in [0.2, 0.25) is 0 Å². The number of methoxy groups -OCH3 is 1. The molecule has 0 aliphatic carbocycles. The molecule has 23 heavy (non-hydrogen) atoms. The number of rotatable bonds is 7. The van der Waals surface area contributed by atoms with E-state index in [1.165, 1.54) is 24.3 Å². The van der Waals surface area contributed by atoms with E-state index in [1.807, 2.05) is 24.3 Å². The van der Waals surface area contributed by atoms with Crippen molar-refractivity contribution in [2.75, 3.05) is 13.7 Å². The molecule has 1 amide bonds. The summed E-state index contributed by atoms with van der Waals surface area (Å²) in [6.45, 7) is 2.14. The van der Waals surface area contributed by atoms with E-state index in [0.29, 0.717) is 18.7 Å². The predicted molar refractivity (Wildman–Crippen MR) is 86.2 cm³/mol. The van der Waals surface area contributed by atoms with Crippen molar-refractivity contribution in [3.8, 4) is 11.5 Å². The van der Waals surface area contributed by atoms with Crippen LogP contribution < -0.4 is 14.8 Å². The van der Waals surface area contributed by atoms with Gasteiger partial charge in [-0.05, 0) is 49.2 Å². The van der Waals surface area contributed by atoms with Crippen molar-refractivity contribution in [2.24, 2.45) is 0 Å². The zero-order valence-corrected chi connectivity index (χ0v) is 13.2. The predicted octanol–water partition coefficient (Wildman–Crippen LogP) is 2.96. The largest absolute Gasteiger partial charge is 0.496 e. The van der Waals surface area contributed by atoms with Crippen LogP contribution in [-0.4, -0.2) is 25.7 Å². The first-order valence-corrected chi connectivity index (χ1v) is 7.42. The Hall–Kier alpha value is -2.56. The maximum atomic E-state index is 12.8. The van der Waals surface area contributed by atoms with Gasteiger partial charge < -0.3 is 14.8 Å². The summed E-state index contributed by atoms with van der Waals surface area (Å²) >= 11 is 0. The first-order valence-electron chi connectivity index (χ1n) is 7.42. The van der Waals surface area contributed by atoms with E-state index in [1.54, 1.807) is 14.0 Å². The molecular formula is C18H20FNO3. The van der Waals surface area contributed by atoms with Crippen LogP contribution in [0.25, 0.3) is 0 Å². The Balaban J connectivity index is 1.81. The van der Waals surface area contributed by atoms with Crippen LogP contribution in [0.4, 0.5) is 4.39 Å². The fourth-order valence-corrected chi connectivity index (χ4v) is 2.14. The van der Waals surface area contributed by atoms with Crippen LogP contribution in [0.3, 0.4) is 0 Å². The maximum absolute atomic E-state index is 12.8. The molecule has 0 saturated heterocycles. The molecule has 2 rings (SSSR count). The Morgan fingerprint density at radius 1 is 1.17 bits per heavy atom. The molecule has 0 aliphatic rings. The summed E-state index contributed by atoms with van der Waals surface area (Å²) in [5.74, 6) is 0.701. The lowest BCUT2D eigenvalue weighted by Gasteiger charge is -2.15. The minimum Gasteiger partial charge on any atom is -0.496 e. The molecule has 0 heterocycles. The SMILES string of the molecule is COc1ccccc1CCNC(=O)C(C)Oc1ccc(F)cc1. The van der Waals surface area contributed by atoms with E-state index in [-0.39, 0.29) is 11.7 Å². The third-order valence-electron chi connectivity index (χ3n) is 3.38. The second kappa shape index (κ2) is 8.17. The third kappa shape index (κ3) is 4.98. The summed E-state index contributed by atoms with van der Waals surface area (Å²) in [5, 5.41) is 2.82. The Kier molecular flexibility index (Phi) is 5.97. The summed E-state index contributed by atoms with van der Waals surface area (Å²) in [6, 6.07) is 13.3. The van der Waals surface area contributed by atoms with Crippen LogP contribution in [0.5, 0.6) is 11.5 Å². The smallest absolute Gasteiger partial charge is 0.260 e. The van der Waals surface area contributed by atoms with Crippen LogP contribution in [-0.2, 0) is 11.2 Å². The lowest BCUT2D eigenvalue weighted by atomic mass is 10.1. The van der Waals surface area contributed by atoms with Crippen LogP contribution in [0.1, 0.15) is 12.5 Å². The van der Waals surface area contributed by atoms with Crippen molar-refractivity contribution in [3.05, 3.63) is 59.9 Å². The molecule has 0 fully saturated rings. The van der Waals surface area contributed by atoms with Crippen molar-refractivity contribution in [2.45, 2.75) is 19.4 Å². The van der Waals surface area contributed by atoms with E-state index >= 15 is 0 Å². The van der Waals surface area contributed by atoms with Gasteiger partial charge in [-0.15, -0.1) is 0 Å². The molecule has 1 unspecified atom stereocenters. The molecule has 0 bridgehead atoms. The molecule has 0 spiro atoms. The molecule has 0 saturated carbocycles. The standard InChI is InChI=1S/C18H20FNO3/c1-13(23-16-9-7-15(19)8-10-16)18(21)20-12-11-14-5-3-4-6-17(14)22-2/h3-10,13H,11-12H2,1-2H3,(H,20,21). The monoisotopic (exact) mass is 317 g/mol. The minimum atomic E-state index is -0.655. The Morgan fingerprint density at radius 2 is 1.87 bits per heavy atom. The third-order valence-corrected chi connectivity index (χ3v) is 3.38. The summed E-state index contributed by atoms with van der Waals surface area (Å²) in [4.78, 5) is 12.0. The Labute approximate surface area is 135 Å². The summed E-state index contributed by atoms with van der Waals surface area (Å²) in [6.07, 6.45) is 0.0112. The van der Waals surface area contributed by atoms with Gasteiger partial charge in [0.25, 0.3) is 5.91 Å². The number of hydrogen-bond acceptors (Lipinski definition) is 3. The van der Waals surface area contributed by atoms with Crippen LogP contribution in [0, 0.1) is 5.82 Å². The highest BCUT2D eigenvalue weighted by Gasteiger charge is 2.14. The number of ether oxygens (including phenoxy) is 2. The van der Waals surface area contributed by atoms with Crippen molar-refractivity contribution < 1.29 is 18.7 Å². The number of benzene rings is 2. The molecule has 0 aromatic heterocycles.